The summed E-state index contributed by atoms with van der Waals surface area (Å²) in [7, 11) is 0. The van der Waals surface area contributed by atoms with Gasteiger partial charge in [0.15, 0.2) is 0 Å². The van der Waals surface area contributed by atoms with Crippen molar-refractivity contribution in [3.63, 3.8) is 0 Å². The number of alkyl halides is 6. The van der Waals surface area contributed by atoms with Crippen molar-refractivity contribution in [2.75, 3.05) is 0 Å². The van der Waals surface area contributed by atoms with Gasteiger partial charge in [0, 0.05) is 11.8 Å². The maximum Gasteiger partial charge on any atom is 0.417 e. The summed E-state index contributed by atoms with van der Waals surface area (Å²) >= 11 is 0. The summed E-state index contributed by atoms with van der Waals surface area (Å²) in [6.07, 6.45) is -8.84. The first kappa shape index (κ1) is 16.8. The van der Waals surface area contributed by atoms with E-state index < -0.39 is 23.5 Å². The average Bonchev–Trinajstić information content (AvgIpc) is 2.46. The lowest BCUT2D eigenvalue weighted by atomic mass is 9.99. The largest absolute Gasteiger partial charge is 0.417 e. The number of aromatic nitrogens is 1. The van der Waals surface area contributed by atoms with E-state index in [0.717, 1.165) is 30.3 Å². The molecule has 0 atom stereocenters. The first-order valence-corrected chi connectivity index (χ1v) is 6.23. The summed E-state index contributed by atoms with van der Waals surface area (Å²) in [6.45, 7) is 0. The number of benzene rings is 1. The van der Waals surface area contributed by atoms with Gasteiger partial charge in [-0.1, -0.05) is 12.1 Å². The first-order valence-electron chi connectivity index (χ1n) is 6.23. The Morgan fingerprint density at radius 1 is 0.913 bits per heavy atom. The van der Waals surface area contributed by atoms with E-state index in [4.69, 9.17) is 5.26 Å². The van der Waals surface area contributed by atoms with Crippen molar-refractivity contribution >= 4 is 0 Å². The molecule has 2 aromatic rings. The van der Waals surface area contributed by atoms with Crippen molar-refractivity contribution in [3.05, 3.63) is 53.3 Å². The second-order valence-corrected chi connectivity index (χ2v) is 4.63. The van der Waals surface area contributed by atoms with Crippen LogP contribution in [-0.2, 0) is 18.8 Å². The number of hydrogen-bond donors (Lipinski definition) is 0. The van der Waals surface area contributed by atoms with E-state index in [9.17, 15) is 26.3 Å². The predicted octanol–water partition coefficient (Wildman–Crippen LogP) is 4.85. The minimum Gasteiger partial charge on any atom is -0.259 e. The van der Waals surface area contributed by atoms with Crippen LogP contribution in [0.4, 0.5) is 26.3 Å². The molecule has 1 aromatic heterocycles. The van der Waals surface area contributed by atoms with E-state index in [-0.39, 0.29) is 23.2 Å². The van der Waals surface area contributed by atoms with Crippen LogP contribution >= 0.6 is 0 Å². The molecule has 0 aliphatic rings. The number of rotatable bonds is 2. The zero-order chi connectivity index (χ0) is 17.3. The number of pyridine rings is 1. The molecule has 0 radical (unpaired) electrons. The SMILES string of the molecule is N#CCc1ncc(C(F)(F)F)cc1-c1ccc(C(F)(F)F)cc1. The number of nitrogens with zero attached hydrogens (tertiary/aromatic N) is 2. The monoisotopic (exact) mass is 330 g/mol. The van der Waals surface area contributed by atoms with Crippen LogP contribution in [0.3, 0.4) is 0 Å². The average molecular weight is 330 g/mol. The van der Waals surface area contributed by atoms with Crippen molar-refractivity contribution in [2.24, 2.45) is 0 Å². The smallest absolute Gasteiger partial charge is 0.259 e. The molecule has 0 aliphatic carbocycles. The van der Waals surface area contributed by atoms with E-state index in [1.54, 1.807) is 6.07 Å². The minimum absolute atomic E-state index is 0.0184. The van der Waals surface area contributed by atoms with Gasteiger partial charge in [-0.15, -0.1) is 0 Å². The summed E-state index contributed by atoms with van der Waals surface area (Å²) < 4.78 is 75.9. The molecule has 0 bridgehead atoms. The maximum atomic E-state index is 12.8. The van der Waals surface area contributed by atoms with Gasteiger partial charge in [0.05, 0.1) is 29.3 Å². The molecule has 2 rings (SSSR count). The molecule has 0 amide bonds. The Morgan fingerprint density at radius 2 is 1.48 bits per heavy atom. The van der Waals surface area contributed by atoms with Crippen molar-refractivity contribution in [3.8, 4) is 17.2 Å². The molecule has 23 heavy (non-hydrogen) atoms. The lowest BCUT2D eigenvalue weighted by Crippen LogP contribution is -2.08. The van der Waals surface area contributed by atoms with Gasteiger partial charge in [0.1, 0.15) is 0 Å². The highest BCUT2D eigenvalue weighted by Gasteiger charge is 2.32. The first-order chi connectivity index (χ1) is 10.6. The quantitative estimate of drug-likeness (QED) is 0.738. The molecule has 1 heterocycles. The van der Waals surface area contributed by atoms with Gasteiger partial charge in [-0.2, -0.15) is 31.6 Å². The Morgan fingerprint density at radius 3 is 1.96 bits per heavy atom. The summed E-state index contributed by atoms with van der Waals surface area (Å²) in [5, 5.41) is 8.71. The second kappa shape index (κ2) is 5.91. The summed E-state index contributed by atoms with van der Waals surface area (Å²) in [6, 6.07) is 6.20. The molecule has 0 saturated carbocycles. The van der Waals surface area contributed by atoms with E-state index in [1.807, 2.05) is 0 Å². The fourth-order valence-electron chi connectivity index (χ4n) is 1.95. The van der Waals surface area contributed by atoms with Crippen LogP contribution in [0.5, 0.6) is 0 Å². The summed E-state index contributed by atoms with van der Waals surface area (Å²) in [5.74, 6) is 0. The highest BCUT2D eigenvalue weighted by Crippen LogP contribution is 2.35. The number of hydrogen-bond acceptors (Lipinski definition) is 2. The minimum atomic E-state index is -4.64. The van der Waals surface area contributed by atoms with Crippen molar-refractivity contribution in [2.45, 2.75) is 18.8 Å². The van der Waals surface area contributed by atoms with Gasteiger partial charge in [0.2, 0.25) is 0 Å². The normalized spacial score (nSPS) is 12.0. The third-order valence-electron chi connectivity index (χ3n) is 3.07. The molecule has 0 spiro atoms. The van der Waals surface area contributed by atoms with Crippen molar-refractivity contribution in [1.82, 2.24) is 4.98 Å². The Bertz CT molecular complexity index is 739. The van der Waals surface area contributed by atoms with E-state index in [2.05, 4.69) is 4.98 Å². The fourth-order valence-corrected chi connectivity index (χ4v) is 1.95. The number of nitriles is 1. The molecule has 0 N–H and O–H groups in total. The van der Waals surface area contributed by atoms with Gasteiger partial charge in [-0.3, -0.25) is 4.98 Å². The molecule has 0 unspecified atom stereocenters. The molecule has 0 fully saturated rings. The second-order valence-electron chi connectivity index (χ2n) is 4.63. The van der Waals surface area contributed by atoms with Crippen LogP contribution in [-0.4, -0.2) is 4.98 Å². The lowest BCUT2D eigenvalue weighted by molar-refractivity contribution is -0.138. The molecule has 8 heteroatoms. The zero-order valence-electron chi connectivity index (χ0n) is 11.3. The van der Waals surface area contributed by atoms with Crippen LogP contribution in [0.2, 0.25) is 0 Å². The highest BCUT2D eigenvalue weighted by molar-refractivity contribution is 5.67. The van der Waals surface area contributed by atoms with Gasteiger partial charge >= 0.3 is 12.4 Å². The topological polar surface area (TPSA) is 36.7 Å². The highest BCUT2D eigenvalue weighted by atomic mass is 19.4. The number of halogens is 6. The molecule has 1 aromatic carbocycles. The maximum absolute atomic E-state index is 12.8. The van der Waals surface area contributed by atoms with E-state index in [1.165, 1.54) is 0 Å². The molecular formula is C15H8F6N2. The Hall–Kier alpha value is -2.56. The van der Waals surface area contributed by atoms with E-state index in [0.29, 0.717) is 6.20 Å². The molecule has 0 aliphatic heterocycles. The van der Waals surface area contributed by atoms with Gasteiger partial charge in [-0.25, -0.2) is 0 Å². The standard InChI is InChI=1S/C15H8F6N2/c16-14(17,18)10-3-1-9(2-4-10)12-7-11(15(19,20)21)8-23-13(12)5-6-22/h1-4,7-8H,5H2. The van der Waals surface area contributed by atoms with Crippen LogP contribution in [0.1, 0.15) is 16.8 Å². The molecule has 120 valence electrons. The Labute approximate surface area is 127 Å². The third kappa shape index (κ3) is 3.80. The van der Waals surface area contributed by atoms with Crippen LogP contribution in [0.25, 0.3) is 11.1 Å². The fraction of sp³-hybridized carbons (Fsp3) is 0.200. The summed E-state index contributed by atoms with van der Waals surface area (Å²) in [4.78, 5) is 3.62. The van der Waals surface area contributed by atoms with Gasteiger partial charge in [-0.05, 0) is 23.8 Å². The Kier molecular flexibility index (Phi) is 4.32. The molecule has 2 nitrogen and oxygen atoms in total. The van der Waals surface area contributed by atoms with Crippen LogP contribution < -0.4 is 0 Å². The van der Waals surface area contributed by atoms with E-state index >= 15 is 0 Å². The third-order valence-corrected chi connectivity index (χ3v) is 3.07. The lowest BCUT2D eigenvalue weighted by Gasteiger charge is -2.12. The van der Waals surface area contributed by atoms with Crippen molar-refractivity contribution < 1.29 is 26.3 Å². The van der Waals surface area contributed by atoms with Gasteiger partial charge in [0.25, 0.3) is 0 Å². The molecular weight excluding hydrogens is 322 g/mol. The zero-order valence-corrected chi connectivity index (χ0v) is 11.3. The summed E-state index contributed by atoms with van der Waals surface area (Å²) in [5.41, 5.74) is -1.77. The Balaban J connectivity index is 2.54. The van der Waals surface area contributed by atoms with Crippen LogP contribution in [0.15, 0.2) is 36.5 Å². The van der Waals surface area contributed by atoms with Crippen LogP contribution in [0, 0.1) is 11.3 Å². The van der Waals surface area contributed by atoms with Gasteiger partial charge < -0.3 is 0 Å². The molecule has 0 saturated heterocycles. The van der Waals surface area contributed by atoms with Crippen molar-refractivity contribution in [1.29, 1.82) is 5.26 Å². The predicted molar refractivity (Wildman–Crippen MR) is 69.0 cm³/mol.